The van der Waals surface area contributed by atoms with E-state index in [4.69, 9.17) is 0 Å². The first-order valence-electron chi connectivity index (χ1n) is 6.23. The second kappa shape index (κ2) is 7.08. The maximum atomic E-state index is 11.9. The molecule has 1 aromatic carbocycles. The highest BCUT2D eigenvalue weighted by Crippen LogP contribution is 2.22. The molecule has 0 aliphatic heterocycles. The Labute approximate surface area is 128 Å². The molecule has 5 nitrogen and oxygen atoms in total. The molecule has 0 fully saturated rings. The van der Waals surface area contributed by atoms with Gasteiger partial charge in [0.2, 0.25) is 15.9 Å². The van der Waals surface area contributed by atoms with Crippen LogP contribution in [0.2, 0.25) is 0 Å². The molecule has 112 valence electrons. The number of carbonyl (C=O) groups is 1. The summed E-state index contributed by atoms with van der Waals surface area (Å²) in [6.45, 7) is 3.84. The first-order chi connectivity index (χ1) is 9.20. The van der Waals surface area contributed by atoms with Crippen LogP contribution in [0.25, 0.3) is 0 Å². The van der Waals surface area contributed by atoms with Gasteiger partial charge in [0.1, 0.15) is 0 Å². The van der Waals surface area contributed by atoms with E-state index < -0.39 is 10.0 Å². The van der Waals surface area contributed by atoms with Gasteiger partial charge >= 0.3 is 0 Å². The van der Waals surface area contributed by atoms with Gasteiger partial charge in [-0.15, -0.1) is 0 Å². The van der Waals surface area contributed by atoms with E-state index in [1.807, 2.05) is 19.9 Å². The summed E-state index contributed by atoms with van der Waals surface area (Å²) in [5.41, 5.74) is 0.541. The third kappa shape index (κ3) is 5.50. The van der Waals surface area contributed by atoms with Crippen molar-refractivity contribution in [1.82, 2.24) is 5.32 Å². The fraction of sp³-hybridized carbons (Fsp3) is 0.462. The lowest BCUT2D eigenvalue weighted by molar-refractivity contribution is -0.121. The molecular weight excluding hydrogens is 344 g/mol. The largest absolute Gasteiger partial charge is 0.354 e. The molecule has 1 N–H and O–H groups in total. The molecular formula is C13H19BrN2O3S. The average molecular weight is 363 g/mol. The number of rotatable bonds is 6. The first-order valence-corrected chi connectivity index (χ1v) is 8.87. The molecule has 1 aromatic rings. The molecule has 0 saturated heterocycles. The maximum absolute atomic E-state index is 11.9. The summed E-state index contributed by atoms with van der Waals surface area (Å²) in [5, 5.41) is 2.74. The van der Waals surface area contributed by atoms with Crippen LogP contribution in [0, 0.1) is 0 Å². The van der Waals surface area contributed by atoms with Crippen LogP contribution in [-0.2, 0) is 14.8 Å². The second-order valence-corrected chi connectivity index (χ2v) is 7.61. The van der Waals surface area contributed by atoms with E-state index in [1.165, 1.54) is 4.31 Å². The van der Waals surface area contributed by atoms with E-state index in [1.54, 1.807) is 18.2 Å². The SMILES string of the molecule is CC(C)NC(=O)CCN(c1cccc(Br)c1)S(C)(=O)=O. The molecule has 0 atom stereocenters. The maximum Gasteiger partial charge on any atom is 0.232 e. The number of carbonyl (C=O) groups excluding carboxylic acids is 1. The molecule has 0 bridgehead atoms. The minimum absolute atomic E-state index is 0.0417. The lowest BCUT2D eigenvalue weighted by atomic mass is 10.3. The fourth-order valence-electron chi connectivity index (χ4n) is 1.71. The highest BCUT2D eigenvalue weighted by molar-refractivity contribution is 9.10. The van der Waals surface area contributed by atoms with Crippen LogP contribution in [0.1, 0.15) is 20.3 Å². The van der Waals surface area contributed by atoms with E-state index in [0.29, 0.717) is 5.69 Å². The van der Waals surface area contributed by atoms with E-state index >= 15 is 0 Å². The van der Waals surface area contributed by atoms with Gasteiger partial charge in [0.25, 0.3) is 0 Å². The van der Waals surface area contributed by atoms with Gasteiger partial charge in [0.05, 0.1) is 11.9 Å². The molecule has 0 radical (unpaired) electrons. The number of amides is 1. The first kappa shape index (κ1) is 17.0. The zero-order valence-electron chi connectivity index (χ0n) is 11.8. The Morgan fingerprint density at radius 3 is 2.55 bits per heavy atom. The van der Waals surface area contributed by atoms with Gasteiger partial charge in [0.15, 0.2) is 0 Å². The molecule has 0 spiro atoms. The fourth-order valence-corrected chi connectivity index (χ4v) is 3.02. The Morgan fingerprint density at radius 2 is 2.05 bits per heavy atom. The van der Waals surface area contributed by atoms with Crippen molar-refractivity contribution in [3.8, 4) is 0 Å². The zero-order chi connectivity index (χ0) is 15.3. The van der Waals surface area contributed by atoms with Crippen LogP contribution in [0.3, 0.4) is 0 Å². The number of nitrogens with zero attached hydrogens (tertiary/aromatic N) is 1. The lowest BCUT2D eigenvalue weighted by Crippen LogP contribution is -2.36. The van der Waals surface area contributed by atoms with Gasteiger partial charge in [0, 0.05) is 23.5 Å². The van der Waals surface area contributed by atoms with Crippen molar-refractivity contribution in [1.29, 1.82) is 0 Å². The average Bonchev–Trinajstić information content (AvgIpc) is 2.26. The molecule has 0 aliphatic rings. The normalized spacial score (nSPS) is 11.4. The van der Waals surface area contributed by atoms with E-state index in [9.17, 15) is 13.2 Å². The van der Waals surface area contributed by atoms with Crippen molar-refractivity contribution in [3.05, 3.63) is 28.7 Å². The standard InChI is InChI=1S/C13H19BrN2O3S/c1-10(2)15-13(17)7-8-16(20(3,18)19)12-6-4-5-11(14)9-12/h4-6,9-10H,7-8H2,1-3H3,(H,15,17). The van der Waals surface area contributed by atoms with Crippen molar-refractivity contribution in [3.63, 3.8) is 0 Å². The Bertz CT molecular complexity index is 573. The van der Waals surface area contributed by atoms with Crippen molar-refractivity contribution < 1.29 is 13.2 Å². The molecule has 0 unspecified atom stereocenters. The van der Waals surface area contributed by atoms with Gasteiger partial charge in [-0.3, -0.25) is 9.10 Å². The van der Waals surface area contributed by atoms with Crippen LogP contribution < -0.4 is 9.62 Å². The van der Waals surface area contributed by atoms with E-state index in [2.05, 4.69) is 21.2 Å². The Balaban J connectivity index is 2.85. The Morgan fingerprint density at radius 1 is 1.40 bits per heavy atom. The number of anilines is 1. The summed E-state index contributed by atoms with van der Waals surface area (Å²) >= 11 is 3.31. The van der Waals surface area contributed by atoms with Crippen LogP contribution in [0.4, 0.5) is 5.69 Å². The van der Waals surface area contributed by atoms with Crippen molar-refractivity contribution in [2.24, 2.45) is 0 Å². The number of nitrogens with one attached hydrogen (secondary N) is 1. The van der Waals surface area contributed by atoms with Crippen LogP contribution in [0.5, 0.6) is 0 Å². The van der Waals surface area contributed by atoms with Crippen molar-refractivity contribution in [2.45, 2.75) is 26.3 Å². The Hall–Kier alpha value is -1.08. The zero-order valence-corrected chi connectivity index (χ0v) is 14.2. The quantitative estimate of drug-likeness (QED) is 0.842. The van der Waals surface area contributed by atoms with Crippen molar-refractivity contribution >= 4 is 37.5 Å². The van der Waals surface area contributed by atoms with Gasteiger partial charge in [-0.25, -0.2) is 8.42 Å². The predicted octanol–water partition coefficient (Wildman–Crippen LogP) is 2.13. The molecule has 1 amide bonds. The van der Waals surface area contributed by atoms with Gasteiger partial charge in [-0.1, -0.05) is 22.0 Å². The third-order valence-corrected chi connectivity index (χ3v) is 4.18. The summed E-state index contributed by atoms with van der Waals surface area (Å²) in [7, 11) is -3.43. The topological polar surface area (TPSA) is 66.5 Å². The third-order valence-electron chi connectivity index (χ3n) is 2.49. The summed E-state index contributed by atoms with van der Waals surface area (Å²) < 4.78 is 25.7. The molecule has 1 rings (SSSR count). The van der Waals surface area contributed by atoms with Gasteiger partial charge in [-0.2, -0.15) is 0 Å². The van der Waals surface area contributed by atoms with Gasteiger partial charge in [-0.05, 0) is 32.0 Å². The smallest absolute Gasteiger partial charge is 0.232 e. The molecule has 20 heavy (non-hydrogen) atoms. The number of hydrogen-bond acceptors (Lipinski definition) is 3. The number of halogens is 1. The van der Waals surface area contributed by atoms with Crippen LogP contribution >= 0.6 is 15.9 Å². The number of sulfonamides is 1. The summed E-state index contributed by atoms with van der Waals surface area (Å²) in [5.74, 6) is -0.163. The predicted molar refractivity (Wildman–Crippen MR) is 84.2 cm³/mol. The number of hydrogen-bond donors (Lipinski definition) is 1. The van der Waals surface area contributed by atoms with Crippen LogP contribution in [0.15, 0.2) is 28.7 Å². The summed E-state index contributed by atoms with van der Waals surface area (Å²) in [6.07, 6.45) is 1.26. The highest BCUT2D eigenvalue weighted by atomic mass is 79.9. The van der Waals surface area contributed by atoms with Gasteiger partial charge < -0.3 is 5.32 Å². The van der Waals surface area contributed by atoms with Crippen LogP contribution in [-0.4, -0.2) is 33.2 Å². The minimum Gasteiger partial charge on any atom is -0.354 e. The molecule has 0 heterocycles. The monoisotopic (exact) mass is 362 g/mol. The number of benzene rings is 1. The highest BCUT2D eigenvalue weighted by Gasteiger charge is 2.18. The van der Waals surface area contributed by atoms with E-state index in [-0.39, 0.29) is 24.9 Å². The second-order valence-electron chi connectivity index (χ2n) is 4.79. The minimum atomic E-state index is -3.43. The molecule has 0 aromatic heterocycles. The molecule has 0 saturated carbocycles. The summed E-state index contributed by atoms with van der Waals surface area (Å²) in [6, 6.07) is 7.02. The molecule has 7 heteroatoms. The lowest BCUT2D eigenvalue weighted by Gasteiger charge is -2.22. The summed E-state index contributed by atoms with van der Waals surface area (Å²) in [4.78, 5) is 11.6. The Kier molecular flexibility index (Phi) is 6.01. The van der Waals surface area contributed by atoms with E-state index in [0.717, 1.165) is 10.7 Å². The van der Waals surface area contributed by atoms with Crippen molar-refractivity contribution in [2.75, 3.05) is 17.1 Å². The molecule has 0 aliphatic carbocycles.